The number of hydrogen-bond donors (Lipinski definition) is 3. The Labute approximate surface area is 119 Å². The molecule has 0 aliphatic heterocycles. The first-order chi connectivity index (χ1) is 9.32. The van der Waals surface area contributed by atoms with Gasteiger partial charge in [-0.2, -0.15) is 0 Å². The van der Waals surface area contributed by atoms with Crippen LogP contribution in [0.3, 0.4) is 0 Å². The van der Waals surface area contributed by atoms with Gasteiger partial charge in [-0.05, 0) is 36.5 Å². The lowest BCUT2D eigenvalue weighted by molar-refractivity contribution is 0.0696. The van der Waals surface area contributed by atoms with Crippen molar-refractivity contribution in [1.29, 1.82) is 0 Å². The Hall–Kier alpha value is -2.04. The standard InChI is InChI=1S/C15H22N2O3/c1-9(2)10(3)8-16-15(20)17-13-7-5-6-12(11(13)4)14(18)19/h5-7,9-10H,8H2,1-4H3,(H,18,19)(H2,16,17,20). The molecule has 0 saturated carbocycles. The van der Waals surface area contributed by atoms with Crippen LogP contribution in [0.2, 0.25) is 0 Å². The van der Waals surface area contributed by atoms with Crippen LogP contribution in [0, 0.1) is 18.8 Å². The molecule has 0 aromatic heterocycles. The number of amides is 2. The molecule has 5 heteroatoms. The van der Waals surface area contributed by atoms with Crippen LogP contribution in [0.5, 0.6) is 0 Å². The quantitative estimate of drug-likeness (QED) is 0.774. The summed E-state index contributed by atoms with van der Waals surface area (Å²) in [5, 5.41) is 14.5. The van der Waals surface area contributed by atoms with Gasteiger partial charge < -0.3 is 15.7 Å². The molecule has 1 rings (SSSR count). The normalized spacial score (nSPS) is 12.1. The maximum absolute atomic E-state index is 11.8. The van der Waals surface area contributed by atoms with Gasteiger partial charge in [-0.1, -0.05) is 26.8 Å². The molecule has 20 heavy (non-hydrogen) atoms. The van der Waals surface area contributed by atoms with Crippen LogP contribution < -0.4 is 10.6 Å². The molecule has 0 fully saturated rings. The average Bonchev–Trinajstić information content (AvgIpc) is 2.37. The minimum absolute atomic E-state index is 0.193. The first kappa shape index (κ1) is 16.0. The van der Waals surface area contributed by atoms with Gasteiger partial charge in [0.1, 0.15) is 0 Å². The zero-order valence-electron chi connectivity index (χ0n) is 12.4. The topological polar surface area (TPSA) is 78.4 Å². The smallest absolute Gasteiger partial charge is 0.336 e. The molecule has 0 bridgehead atoms. The van der Waals surface area contributed by atoms with Crippen molar-refractivity contribution in [2.45, 2.75) is 27.7 Å². The van der Waals surface area contributed by atoms with Gasteiger partial charge >= 0.3 is 12.0 Å². The third-order valence-corrected chi connectivity index (χ3v) is 3.54. The fourth-order valence-corrected chi connectivity index (χ4v) is 1.66. The summed E-state index contributed by atoms with van der Waals surface area (Å²) in [4.78, 5) is 22.8. The summed E-state index contributed by atoms with van der Waals surface area (Å²) in [6, 6.07) is 4.50. The fourth-order valence-electron chi connectivity index (χ4n) is 1.66. The van der Waals surface area contributed by atoms with E-state index in [0.717, 1.165) is 0 Å². The van der Waals surface area contributed by atoms with E-state index in [9.17, 15) is 9.59 Å². The number of rotatable bonds is 5. The maximum atomic E-state index is 11.8. The first-order valence-corrected chi connectivity index (χ1v) is 6.70. The Morgan fingerprint density at radius 2 is 1.90 bits per heavy atom. The van der Waals surface area contributed by atoms with E-state index >= 15 is 0 Å². The summed E-state index contributed by atoms with van der Waals surface area (Å²) in [6.07, 6.45) is 0. The molecule has 1 unspecified atom stereocenters. The van der Waals surface area contributed by atoms with Crippen LogP contribution in [0.15, 0.2) is 18.2 Å². The van der Waals surface area contributed by atoms with Gasteiger partial charge in [-0.3, -0.25) is 0 Å². The van der Waals surface area contributed by atoms with E-state index in [1.807, 2.05) is 0 Å². The van der Waals surface area contributed by atoms with Crippen molar-refractivity contribution in [3.63, 3.8) is 0 Å². The zero-order valence-corrected chi connectivity index (χ0v) is 12.4. The van der Waals surface area contributed by atoms with Crippen molar-refractivity contribution in [3.8, 4) is 0 Å². The number of carbonyl (C=O) groups is 2. The van der Waals surface area contributed by atoms with Gasteiger partial charge in [-0.25, -0.2) is 9.59 Å². The van der Waals surface area contributed by atoms with Crippen molar-refractivity contribution in [2.75, 3.05) is 11.9 Å². The Morgan fingerprint density at radius 3 is 2.45 bits per heavy atom. The molecule has 0 aliphatic rings. The van der Waals surface area contributed by atoms with Crippen LogP contribution >= 0.6 is 0 Å². The summed E-state index contributed by atoms with van der Waals surface area (Å²) < 4.78 is 0. The van der Waals surface area contributed by atoms with Gasteiger partial charge in [-0.15, -0.1) is 0 Å². The summed E-state index contributed by atoms with van der Waals surface area (Å²) >= 11 is 0. The molecule has 5 nitrogen and oxygen atoms in total. The Bertz CT molecular complexity index is 498. The van der Waals surface area contributed by atoms with Crippen molar-refractivity contribution >= 4 is 17.7 Å². The van der Waals surface area contributed by atoms with Crippen molar-refractivity contribution in [3.05, 3.63) is 29.3 Å². The second-order valence-corrected chi connectivity index (χ2v) is 5.34. The van der Waals surface area contributed by atoms with Gasteiger partial charge in [0.15, 0.2) is 0 Å². The van der Waals surface area contributed by atoms with Gasteiger partial charge in [0.05, 0.1) is 5.56 Å². The molecular formula is C15H22N2O3. The second kappa shape index (κ2) is 6.93. The molecule has 0 radical (unpaired) electrons. The second-order valence-electron chi connectivity index (χ2n) is 5.34. The number of carboxylic acids is 1. The average molecular weight is 278 g/mol. The van der Waals surface area contributed by atoms with E-state index in [4.69, 9.17) is 5.11 Å². The monoisotopic (exact) mass is 278 g/mol. The highest BCUT2D eigenvalue weighted by atomic mass is 16.4. The highest BCUT2D eigenvalue weighted by Gasteiger charge is 2.13. The van der Waals surface area contributed by atoms with Crippen LogP contribution in [-0.4, -0.2) is 23.7 Å². The molecule has 2 amide bonds. The molecule has 0 heterocycles. The minimum atomic E-state index is -1.00. The summed E-state index contributed by atoms with van der Waals surface area (Å²) in [5.41, 5.74) is 1.25. The number of urea groups is 1. The Balaban J connectivity index is 2.67. The van der Waals surface area contributed by atoms with E-state index in [1.54, 1.807) is 19.1 Å². The highest BCUT2D eigenvalue weighted by Crippen LogP contribution is 2.18. The summed E-state index contributed by atoms with van der Waals surface area (Å²) in [6.45, 7) is 8.54. The third-order valence-electron chi connectivity index (χ3n) is 3.54. The summed E-state index contributed by atoms with van der Waals surface area (Å²) in [7, 11) is 0. The molecule has 0 aliphatic carbocycles. The van der Waals surface area contributed by atoms with Crippen LogP contribution in [0.25, 0.3) is 0 Å². The van der Waals surface area contributed by atoms with E-state index in [2.05, 4.69) is 31.4 Å². The largest absolute Gasteiger partial charge is 0.478 e. The summed E-state index contributed by atoms with van der Waals surface area (Å²) in [5.74, 6) is -0.125. The molecular weight excluding hydrogens is 256 g/mol. The maximum Gasteiger partial charge on any atom is 0.336 e. The SMILES string of the molecule is Cc1c(NC(=O)NCC(C)C(C)C)cccc1C(=O)O. The molecule has 0 saturated heterocycles. The van der Waals surface area contributed by atoms with Gasteiger partial charge in [0.2, 0.25) is 0 Å². The molecule has 0 spiro atoms. The number of anilines is 1. The van der Waals surface area contributed by atoms with E-state index in [-0.39, 0.29) is 11.6 Å². The number of nitrogens with one attached hydrogen (secondary N) is 2. The Morgan fingerprint density at radius 1 is 1.25 bits per heavy atom. The third kappa shape index (κ3) is 4.26. The molecule has 1 aromatic carbocycles. The number of hydrogen-bond acceptors (Lipinski definition) is 2. The first-order valence-electron chi connectivity index (χ1n) is 6.70. The molecule has 3 N–H and O–H groups in total. The van der Waals surface area contributed by atoms with Crippen LogP contribution in [0.4, 0.5) is 10.5 Å². The molecule has 1 aromatic rings. The van der Waals surface area contributed by atoms with E-state index in [0.29, 0.717) is 29.6 Å². The van der Waals surface area contributed by atoms with Crippen molar-refractivity contribution < 1.29 is 14.7 Å². The number of aromatic carboxylic acids is 1. The number of carboxylic acid groups (broad SMARTS) is 1. The lowest BCUT2D eigenvalue weighted by atomic mass is 9.98. The lowest BCUT2D eigenvalue weighted by Crippen LogP contribution is -2.33. The van der Waals surface area contributed by atoms with E-state index < -0.39 is 5.97 Å². The van der Waals surface area contributed by atoms with Gasteiger partial charge in [0.25, 0.3) is 0 Å². The molecule has 1 atom stereocenters. The highest BCUT2D eigenvalue weighted by molar-refractivity contribution is 5.95. The van der Waals surface area contributed by atoms with Crippen LogP contribution in [-0.2, 0) is 0 Å². The predicted molar refractivity (Wildman–Crippen MR) is 79.2 cm³/mol. The van der Waals surface area contributed by atoms with Crippen LogP contribution in [0.1, 0.15) is 36.7 Å². The predicted octanol–water partition coefficient (Wildman–Crippen LogP) is 3.11. The van der Waals surface area contributed by atoms with Gasteiger partial charge in [0, 0.05) is 12.2 Å². The lowest BCUT2D eigenvalue weighted by Gasteiger charge is -2.17. The zero-order chi connectivity index (χ0) is 15.3. The number of carbonyl (C=O) groups excluding carboxylic acids is 1. The van der Waals surface area contributed by atoms with Crippen molar-refractivity contribution in [1.82, 2.24) is 5.32 Å². The minimum Gasteiger partial charge on any atom is -0.478 e. The Kier molecular flexibility index (Phi) is 5.55. The number of benzene rings is 1. The fraction of sp³-hybridized carbons (Fsp3) is 0.467. The molecule has 110 valence electrons. The van der Waals surface area contributed by atoms with Crippen molar-refractivity contribution in [2.24, 2.45) is 11.8 Å². The van der Waals surface area contributed by atoms with E-state index in [1.165, 1.54) is 6.07 Å².